The van der Waals surface area contributed by atoms with Crippen LogP contribution in [0.3, 0.4) is 0 Å². The Morgan fingerprint density at radius 2 is 1.88 bits per heavy atom. The number of benzene rings is 2. The van der Waals surface area contributed by atoms with Gasteiger partial charge in [0.05, 0.1) is 18.7 Å². The summed E-state index contributed by atoms with van der Waals surface area (Å²) in [5, 5.41) is 12.9. The quantitative estimate of drug-likeness (QED) is 0.857. The minimum absolute atomic E-state index is 0.621. The van der Waals surface area contributed by atoms with E-state index in [9.17, 15) is 0 Å². The fraction of sp³-hybridized carbons (Fsp3) is 0.263. The Kier molecular flexibility index (Phi) is 5.36. The monoisotopic (exact) mass is 352 g/mol. The van der Waals surface area contributed by atoms with Gasteiger partial charge in [0.2, 0.25) is 0 Å². The van der Waals surface area contributed by atoms with Gasteiger partial charge in [-0.3, -0.25) is 0 Å². The third-order valence-corrected chi connectivity index (χ3v) is 4.59. The molecule has 2 aromatic rings. The van der Waals surface area contributed by atoms with E-state index in [2.05, 4.69) is 33.3 Å². The molecule has 2 aromatic carbocycles. The normalized spacial score (nSPS) is 13.9. The number of nitrogens with zero attached hydrogens (tertiary/aromatic N) is 3. The maximum Gasteiger partial charge on any atom is 0.173 e. The first-order valence-corrected chi connectivity index (χ1v) is 8.55. The van der Waals surface area contributed by atoms with E-state index in [0.717, 1.165) is 37.6 Å². The summed E-state index contributed by atoms with van der Waals surface area (Å²) in [7, 11) is 1.68. The van der Waals surface area contributed by atoms with Crippen LogP contribution < -0.4 is 15.0 Å². The van der Waals surface area contributed by atoms with Gasteiger partial charge in [-0.2, -0.15) is 5.26 Å². The highest BCUT2D eigenvalue weighted by molar-refractivity contribution is 7.80. The number of hydrogen-bond acceptors (Lipinski definition) is 4. The summed E-state index contributed by atoms with van der Waals surface area (Å²) >= 11 is 5.52. The molecule has 0 atom stereocenters. The molecule has 0 radical (unpaired) electrons. The molecule has 0 aromatic heterocycles. The molecule has 3 rings (SSSR count). The molecule has 6 heteroatoms. The van der Waals surface area contributed by atoms with Gasteiger partial charge in [-0.25, -0.2) is 0 Å². The van der Waals surface area contributed by atoms with Gasteiger partial charge in [0.1, 0.15) is 5.75 Å². The number of nitriles is 1. The van der Waals surface area contributed by atoms with Crippen LogP contribution in [0.1, 0.15) is 5.56 Å². The minimum Gasteiger partial charge on any atom is -0.497 e. The number of ether oxygens (including phenoxy) is 1. The molecule has 25 heavy (non-hydrogen) atoms. The van der Waals surface area contributed by atoms with Gasteiger partial charge in [-0.15, -0.1) is 0 Å². The second-order valence-electron chi connectivity index (χ2n) is 5.80. The number of nitrogens with one attached hydrogen (secondary N) is 1. The van der Waals surface area contributed by atoms with Crippen LogP contribution >= 0.6 is 12.2 Å². The predicted molar refractivity (Wildman–Crippen MR) is 104 cm³/mol. The molecule has 0 unspecified atom stereocenters. The Bertz CT molecular complexity index is 794. The number of rotatable bonds is 3. The van der Waals surface area contributed by atoms with Gasteiger partial charge < -0.3 is 19.9 Å². The van der Waals surface area contributed by atoms with Crippen molar-refractivity contribution in [2.75, 3.05) is 43.5 Å². The molecule has 1 aliphatic rings. The number of thiocarbonyl (C=S) groups is 1. The zero-order valence-electron chi connectivity index (χ0n) is 14.1. The van der Waals surface area contributed by atoms with E-state index >= 15 is 0 Å². The Morgan fingerprint density at radius 1 is 1.12 bits per heavy atom. The maximum absolute atomic E-state index is 8.98. The minimum atomic E-state index is 0.621. The van der Waals surface area contributed by atoms with Gasteiger partial charge in [0.15, 0.2) is 5.11 Å². The first-order chi connectivity index (χ1) is 12.2. The molecule has 1 N–H and O–H groups in total. The van der Waals surface area contributed by atoms with Crippen molar-refractivity contribution in [2.24, 2.45) is 0 Å². The molecular weight excluding hydrogens is 332 g/mol. The van der Waals surface area contributed by atoms with Crippen molar-refractivity contribution in [1.29, 1.82) is 5.26 Å². The summed E-state index contributed by atoms with van der Waals surface area (Å²) in [6, 6.07) is 17.6. The molecule has 1 saturated heterocycles. The molecule has 128 valence electrons. The Balaban J connectivity index is 1.58. The van der Waals surface area contributed by atoms with Crippen molar-refractivity contribution in [1.82, 2.24) is 4.90 Å². The summed E-state index contributed by atoms with van der Waals surface area (Å²) < 4.78 is 5.30. The van der Waals surface area contributed by atoms with Crippen LogP contribution in [0.4, 0.5) is 11.4 Å². The fourth-order valence-corrected chi connectivity index (χ4v) is 3.14. The second-order valence-corrected chi connectivity index (χ2v) is 6.19. The van der Waals surface area contributed by atoms with Crippen LogP contribution in [0, 0.1) is 11.3 Å². The van der Waals surface area contributed by atoms with Crippen molar-refractivity contribution in [2.45, 2.75) is 0 Å². The molecule has 0 aliphatic carbocycles. The van der Waals surface area contributed by atoms with Crippen LogP contribution in [0.25, 0.3) is 0 Å². The van der Waals surface area contributed by atoms with E-state index in [-0.39, 0.29) is 0 Å². The molecule has 0 bridgehead atoms. The summed E-state index contributed by atoms with van der Waals surface area (Å²) in [5.41, 5.74) is 2.63. The molecule has 5 nitrogen and oxygen atoms in total. The molecular formula is C19H20N4OS. The van der Waals surface area contributed by atoms with Crippen LogP contribution in [0.5, 0.6) is 5.75 Å². The van der Waals surface area contributed by atoms with Gasteiger partial charge in [-0.05, 0) is 42.5 Å². The van der Waals surface area contributed by atoms with Crippen LogP contribution in [0.15, 0.2) is 48.5 Å². The largest absolute Gasteiger partial charge is 0.497 e. The SMILES string of the molecule is COc1cccc(N2CCN(C(=S)Nc3cccc(C#N)c3)CC2)c1. The Morgan fingerprint density at radius 3 is 2.60 bits per heavy atom. The van der Waals surface area contributed by atoms with Crippen LogP contribution in [0.2, 0.25) is 0 Å². The lowest BCUT2D eigenvalue weighted by molar-refractivity contribution is 0.389. The van der Waals surface area contributed by atoms with Gasteiger partial charge in [-0.1, -0.05) is 12.1 Å². The molecule has 1 aliphatic heterocycles. The van der Waals surface area contributed by atoms with Crippen molar-refractivity contribution in [3.05, 3.63) is 54.1 Å². The highest BCUT2D eigenvalue weighted by atomic mass is 32.1. The third-order valence-electron chi connectivity index (χ3n) is 4.23. The number of methoxy groups -OCH3 is 1. The van der Waals surface area contributed by atoms with E-state index < -0.39 is 0 Å². The lowest BCUT2D eigenvalue weighted by atomic mass is 10.2. The zero-order chi connectivity index (χ0) is 17.6. The summed E-state index contributed by atoms with van der Waals surface area (Å²) in [6.07, 6.45) is 0. The summed E-state index contributed by atoms with van der Waals surface area (Å²) in [4.78, 5) is 4.49. The smallest absolute Gasteiger partial charge is 0.173 e. The van der Waals surface area contributed by atoms with Gasteiger partial charge in [0.25, 0.3) is 0 Å². The first kappa shape index (κ1) is 17.1. The average molecular weight is 352 g/mol. The average Bonchev–Trinajstić information content (AvgIpc) is 2.68. The van der Waals surface area contributed by atoms with E-state index in [1.54, 1.807) is 19.2 Å². The highest BCUT2D eigenvalue weighted by Gasteiger charge is 2.19. The fourth-order valence-electron chi connectivity index (χ4n) is 2.84. The van der Waals surface area contributed by atoms with Crippen LogP contribution in [-0.4, -0.2) is 43.3 Å². The summed E-state index contributed by atoms with van der Waals surface area (Å²) in [5.74, 6) is 0.870. The third kappa shape index (κ3) is 4.20. The van der Waals surface area contributed by atoms with Crippen molar-refractivity contribution >= 4 is 28.7 Å². The standard InChI is InChI=1S/C19H20N4OS/c1-24-18-7-3-6-17(13-18)22-8-10-23(11-9-22)19(25)21-16-5-2-4-15(12-16)14-20/h2-7,12-13H,8-11H2,1H3,(H,21,25). The molecule has 0 saturated carbocycles. The van der Waals surface area contributed by atoms with Gasteiger partial charge in [0, 0.05) is 43.6 Å². The molecule has 1 heterocycles. The lowest BCUT2D eigenvalue weighted by Crippen LogP contribution is -2.50. The van der Waals surface area contributed by atoms with Crippen molar-refractivity contribution < 1.29 is 4.74 Å². The Labute approximate surface area is 153 Å². The molecule has 0 spiro atoms. The highest BCUT2D eigenvalue weighted by Crippen LogP contribution is 2.22. The number of hydrogen-bond donors (Lipinski definition) is 1. The molecule has 0 amide bonds. The first-order valence-electron chi connectivity index (χ1n) is 8.14. The van der Waals surface area contributed by atoms with E-state index in [4.69, 9.17) is 22.2 Å². The Hall–Kier alpha value is -2.78. The van der Waals surface area contributed by atoms with E-state index in [0.29, 0.717) is 10.7 Å². The topological polar surface area (TPSA) is 51.5 Å². The number of piperazine rings is 1. The summed E-state index contributed by atoms with van der Waals surface area (Å²) in [6.45, 7) is 3.49. The van der Waals surface area contributed by atoms with Crippen molar-refractivity contribution in [3.63, 3.8) is 0 Å². The second kappa shape index (κ2) is 7.86. The van der Waals surface area contributed by atoms with Crippen molar-refractivity contribution in [3.8, 4) is 11.8 Å². The predicted octanol–water partition coefficient (Wildman–Crippen LogP) is 3.09. The lowest BCUT2D eigenvalue weighted by Gasteiger charge is -2.37. The number of anilines is 2. The van der Waals surface area contributed by atoms with Gasteiger partial charge >= 0.3 is 0 Å². The zero-order valence-corrected chi connectivity index (χ0v) is 14.9. The van der Waals surface area contributed by atoms with Crippen LogP contribution in [-0.2, 0) is 0 Å². The van der Waals surface area contributed by atoms with E-state index in [1.807, 2.05) is 24.3 Å². The van der Waals surface area contributed by atoms with E-state index in [1.165, 1.54) is 5.69 Å². The maximum atomic E-state index is 8.98. The molecule has 1 fully saturated rings.